The number of fused-ring (bicyclic) bond motifs is 3. The molecule has 1 saturated heterocycles. The number of hydrogen-bond donors (Lipinski definition) is 1. The molecule has 0 bridgehead atoms. The molecule has 0 radical (unpaired) electrons. The first-order chi connectivity index (χ1) is 10.7. The highest BCUT2D eigenvalue weighted by Gasteiger charge is 2.59. The Bertz CT molecular complexity index is 673. The van der Waals surface area contributed by atoms with E-state index in [0.717, 1.165) is 49.4 Å². The number of aliphatic hydroxyl groups excluding tert-OH is 1. The molecule has 4 aliphatic rings. The third-order valence-corrected chi connectivity index (χ3v) is 5.99. The number of ether oxygens (including phenoxy) is 2. The predicted molar refractivity (Wildman–Crippen MR) is 78.2 cm³/mol. The van der Waals surface area contributed by atoms with Crippen LogP contribution in [0.4, 0.5) is 0 Å². The molecule has 2 fully saturated rings. The van der Waals surface area contributed by atoms with Gasteiger partial charge in [0.1, 0.15) is 6.10 Å². The Balaban J connectivity index is 1.72. The summed E-state index contributed by atoms with van der Waals surface area (Å²) in [6, 6.07) is 4.05. The van der Waals surface area contributed by atoms with E-state index in [9.17, 15) is 9.90 Å². The molecule has 1 spiro atoms. The van der Waals surface area contributed by atoms with Gasteiger partial charge in [-0.2, -0.15) is 0 Å². The summed E-state index contributed by atoms with van der Waals surface area (Å²) in [7, 11) is 0. The molecule has 2 unspecified atom stereocenters. The minimum absolute atomic E-state index is 0.0117. The molecule has 1 aromatic carbocycles. The SMILES string of the molecule is O=C1C[C@]23CCCN2CCc2cc4c(cc2C3C1O)OCO4. The molecular weight excluding hydrogens is 282 g/mol. The standard InChI is InChI=1S/C17H19NO4/c19-12-8-17-3-1-4-18(17)5-2-10-6-13-14(22-9-21-13)7-11(10)15(17)16(12)20/h6-7,15-16,20H,1-5,8-9H2/t15?,16?,17-/m0/s1. The molecule has 3 atom stereocenters. The van der Waals surface area contributed by atoms with Gasteiger partial charge in [0.2, 0.25) is 6.79 Å². The van der Waals surface area contributed by atoms with E-state index in [0.29, 0.717) is 6.42 Å². The molecule has 1 aliphatic carbocycles. The highest BCUT2D eigenvalue weighted by Crippen LogP contribution is 2.54. The lowest BCUT2D eigenvalue weighted by Gasteiger charge is -2.38. The summed E-state index contributed by atoms with van der Waals surface area (Å²) in [6.45, 7) is 2.22. The zero-order valence-electron chi connectivity index (χ0n) is 12.4. The van der Waals surface area contributed by atoms with Gasteiger partial charge in [0.15, 0.2) is 17.3 Å². The van der Waals surface area contributed by atoms with Crippen LogP contribution in [0.25, 0.3) is 0 Å². The first-order valence-electron chi connectivity index (χ1n) is 8.07. The number of aliphatic hydroxyl groups is 1. The second kappa shape index (κ2) is 4.24. The number of Topliss-reactive ketones (excluding diaryl/α,β-unsaturated/α-hetero) is 1. The van der Waals surface area contributed by atoms with Gasteiger partial charge in [0, 0.05) is 24.4 Å². The topological polar surface area (TPSA) is 59.0 Å². The first-order valence-corrected chi connectivity index (χ1v) is 8.07. The summed E-state index contributed by atoms with van der Waals surface area (Å²) < 4.78 is 11.0. The van der Waals surface area contributed by atoms with Gasteiger partial charge in [-0.05, 0) is 49.1 Å². The van der Waals surface area contributed by atoms with Crippen molar-refractivity contribution in [1.29, 1.82) is 0 Å². The summed E-state index contributed by atoms with van der Waals surface area (Å²) in [5.41, 5.74) is 2.10. The van der Waals surface area contributed by atoms with E-state index in [1.165, 1.54) is 5.56 Å². The Kier molecular flexibility index (Phi) is 2.48. The van der Waals surface area contributed by atoms with Gasteiger partial charge in [0.25, 0.3) is 0 Å². The fraction of sp³-hybridized carbons (Fsp3) is 0.588. The molecule has 1 saturated carbocycles. The number of ketones is 1. The van der Waals surface area contributed by atoms with Crippen molar-refractivity contribution in [3.8, 4) is 11.5 Å². The zero-order chi connectivity index (χ0) is 14.9. The Labute approximate surface area is 128 Å². The van der Waals surface area contributed by atoms with E-state index < -0.39 is 6.10 Å². The van der Waals surface area contributed by atoms with Crippen molar-refractivity contribution < 1.29 is 19.4 Å². The van der Waals surface area contributed by atoms with Crippen LogP contribution in [-0.4, -0.2) is 47.3 Å². The van der Waals surface area contributed by atoms with E-state index in [1.54, 1.807) is 0 Å². The Morgan fingerprint density at radius 2 is 2.05 bits per heavy atom. The highest BCUT2D eigenvalue weighted by atomic mass is 16.7. The molecule has 3 aliphatic heterocycles. The van der Waals surface area contributed by atoms with Crippen LogP contribution in [0.2, 0.25) is 0 Å². The van der Waals surface area contributed by atoms with Crippen molar-refractivity contribution in [2.45, 2.75) is 43.2 Å². The molecule has 5 nitrogen and oxygen atoms in total. The minimum atomic E-state index is -0.891. The van der Waals surface area contributed by atoms with E-state index >= 15 is 0 Å². The molecule has 0 amide bonds. The number of carbonyl (C=O) groups is 1. The molecule has 1 aromatic rings. The van der Waals surface area contributed by atoms with Gasteiger partial charge in [0.05, 0.1) is 0 Å². The largest absolute Gasteiger partial charge is 0.454 e. The average Bonchev–Trinajstić information content (AvgIpc) is 3.15. The van der Waals surface area contributed by atoms with Crippen LogP contribution in [0.1, 0.15) is 36.3 Å². The van der Waals surface area contributed by atoms with Gasteiger partial charge in [-0.1, -0.05) is 0 Å². The van der Waals surface area contributed by atoms with Crippen LogP contribution < -0.4 is 9.47 Å². The third kappa shape index (κ3) is 1.48. The van der Waals surface area contributed by atoms with Crippen molar-refractivity contribution in [3.05, 3.63) is 23.3 Å². The van der Waals surface area contributed by atoms with Crippen molar-refractivity contribution in [2.24, 2.45) is 0 Å². The second-order valence-corrected chi connectivity index (χ2v) is 6.91. The van der Waals surface area contributed by atoms with Crippen LogP contribution in [0.15, 0.2) is 12.1 Å². The minimum Gasteiger partial charge on any atom is -0.454 e. The molecule has 0 aromatic heterocycles. The summed E-state index contributed by atoms with van der Waals surface area (Å²) >= 11 is 0. The van der Waals surface area contributed by atoms with Gasteiger partial charge >= 0.3 is 0 Å². The van der Waals surface area contributed by atoms with E-state index in [1.807, 2.05) is 12.1 Å². The first kappa shape index (κ1) is 12.9. The fourth-order valence-corrected chi connectivity index (χ4v) is 5.06. The lowest BCUT2D eigenvalue weighted by Crippen LogP contribution is -2.46. The van der Waals surface area contributed by atoms with Gasteiger partial charge in [-0.3, -0.25) is 9.69 Å². The van der Waals surface area contributed by atoms with Crippen LogP contribution in [0.5, 0.6) is 11.5 Å². The number of rotatable bonds is 0. The molecule has 1 N–H and O–H groups in total. The van der Waals surface area contributed by atoms with Gasteiger partial charge in [-0.15, -0.1) is 0 Å². The van der Waals surface area contributed by atoms with Crippen LogP contribution in [0, 0.1) is 0 Å². The molecular formula is C17H19NO4. The van der Waals surface area contributed by atoms with Gasteiger partial charge < -0.3 is 14.6 Å². The maximum Gasteiger partial charge on any atom is 0.231 e. The average molecular weight is 301 g/mol. The number of benzene rings is 1. The van der Waals surface area contributed by atoms with Crippen molar-refractivity contribution in [2.75, 3.05) is 19.9 Å². The quantitative estimate of drug-likeness (QED) is 0.781. The maximum atomic E-state index is 12.3. The maximum absolute atomic E-state index is 12.3. The summed E-state index contributed by atoms with van der Waals surface area (Å²) in [5, 5.41) is 10.6. The zero-order valence-corrected chi connectivity index (χ0v) is 12.4. The Morgan fingerprint density at radius 1 is 1.23 bits per heavy atom. The van der Waals surface area contributed by atoms with Crippen molar-refractivity contribution in [3.63, 3.8) is 0 Å². The van der Waals surface area contributed by atoms with Gasteiger partial charge in [-0.25, -0.2) is 0 Å². The van der Waals surface area contributed by atoms with E-state index in [4.69, 9.17) is 9.47 Å². The molecule has 5 heteroatoms. The lowest BCUT2D eigenvalue weighted by atomic mass is 9.78. The number of carbonyl (C=O) groups excluding carboxylic acids is 1. The Hall–Kier alpha value is -1.59. The summed E-state index contributed by atoms with van der Waals surface area (Å²) in [6.07, 6.45) is 2.63. The summed E-state index contributed by atoms with van der Waals surface area (Å²) in [5.74, 6) is 1.39. The van der Waals surface area contributed by atoms with Crippen molar-refractivity contribution in [1.82, 2.24) is 4.90 Å². The smallest absolute Gasteiger partial charge is 0.231 e. The van der Waals surface area contributed by atoms with E-state index in [2.05, 4.69) is 4.90 Å². The predicted octanol–water partition coefficient (Wildman–Crippen LogP) is 1.22. The van der Waals surface area contributed by atoms with Crippen molar-refractivity contribution >= 4 is 5.78 Å². The number of nitrogens with zero attached hydrogens (tertiary/aromatic N) is 1. The highest BCUT2D eigenvalue weighted by molar-refractivity contribution is 5.89. The lowest BCUT2D eigenvalue weighted by molar-refractivity contribution is -0.124. The fourth-order valence-electron chi connectivity index (χ4n) is 5.06. The summed E-state index contributed by atoms with van der Waals surface area (Å²) in [4.78, 5) is 14.7. The molecule has 22 heavy (non-hydrogen) atoms. The van der Waals surface area contributed by atoms with Crippen LogP contribution in [0.3, 0.4) is 0 Å². The molecule has 116 valence electrons. The van der Waals surface area contributed by atoms with E-state index in [-0.39, 0.29) is 24.0 Å². The molecule has 5 rings (SSSR count). The molecule has 3 heterocycles. The normalized spacial score (nSPS) is 36.0. The third-order valence-electron chi connectivity index (χ3n) is 5.99. The van der Waals surface area contributed by atoms with Crippen LogP contribution >= 0.6 is 0 Å². The Morgan fingerprint density at radius 3 is 2.91 bits per heavy atom. The second-order valence-electron chi connectivity index (χ2n) is 6.91. The monoisotopic (exact) mass is 301 g/mol. The number of hydrogen-bond acceptors (Lipinski definition) is 5. The van der Waals surface area contributed by atoms with Crippen LogP contribution in [-0.2, 0) is 11.2 Å².